The monoisotopic (exact) mass is 690 g/mol. The van der Waals surface area contributed by atoms with E-state index in [0.717, 1.165) is 48.2 Å². The third-order valence-corrected chi connectivity index (χ3v) is 9.41. The normalized spacial score (nSPS) is 18.4. The summed E-state index contributed by atoms with van der Waals surface area (Å²) in [4.78, 5) is 12.3. The average molecular weight is 691 g/mol. The molecule has 272 valence electrons. The molecule has 0 saturated carbocycles. The molecule has 0 spiro atoms. The van der Waals surface area contributed by atoms with Gasteiger partial charge >= 0.3 is 6.09 Å². The minimum atomic E-state index is -0.517. The van der Waals surface area contributed by atoms with Crippen molar-refractivity contribution in [2.24, 2.45) is 23.5 Å². The number of carbonyl (C=O) groups excluding carboxylic acids is 1. The number of ether oxygens (including phenoxy) is 5. The van der Waals surface area contributed by atoms with Crippen LogP contribution in [0.2, 0.25) is 0 Å². The van der Waals surface area contributed by atoms with Gasteiger partial charge in [0.15, 0.2) is 0 Å². The van der Waals surface area contributed by atoms with E-state index in [9.17, 15) is 4.79 Å². The molecule has 12 heteroatoms. The van der Waals surface area contributed by atoms with Gasteiger partial charge in [0, 0.05) is 43.9 Å². The minimum absolute atomic E-state index is 0.0939. The highest BCUT2D eigenvalue weighted by molar-refractivity contribution is 5.82. The van der Waals surface area contributed by atoms with Crippen molar-refractivity contribution in [3.8, 4) is 5.75 Å². The van der Waals surface area contributed by atoms with Crippen molar-refractivity contribution < 1.29 is 28.5 Å². The molecule has 7 N–H and O–H groups in total. The topological polar surface area (TPSA) is 155 Å². The van der Waals surface area contributed by atoms with Crippen molar-refractivity contribution in [2.75, 3.05) is 60.0 Å². The van der Waals surface area contributed by atoms with Crippen molar-refractivity contribution in [1.82, 2.24) is 21.1 Å². The van der Waals surface area contributed by atoms with Crippen LogP contribution in [0.4, 0.5) is 4.79 Å². The molecule has 1 aliphatic carbocycles. The van der Waals surface area contributed by atoms with Gasteiger partial charge in [0.1, 0.15) is 19.0 Å². The number of amides is 1. The zero-order valence-electron chi connectivity index (χ0n) is 29.6. The lowest BCUT2D eigenvalue weighted by Gasteiger charge is -2.36. The highest BCUT2D eigenvalue weighted by Crippen LogP contribution is 2.47. The smallest absolute Gasteiger partial charge is 0.407 e. The number of nitrogens with zero attached hydrogens (tertiary/aromatic N) is 1. The summed E-state index contributed by atoms with van der Waals surface area (Å²) in [5.74, 6) is 13.7. The van der Waals surface area contributed by atoms with Gasteiger partial charge in [-0.15, -0.1) is 0 Å². The van der Waals surface area contributed by atoms with Crippen LogP contribution in [0.5, 0.6) is 5.75 Å². The van der Waals surface area contributed by atoms with Gasteiger partial charge in [0.05, 0.1) is 39.2 Å². The second-order valence-corrected chi connectivity index (χ2v) is 13.2. The number of allylic oxidation sites excluding steroid dienone is 1. The molecule has 1 amide bonds. The van der Waals surface area contributed by atoms with Gasteiger partial charge in [-0.25, -0.2) is 10.6 Å². The fraction of sp³-hybridized carbons (Fsp3) is 0.500. The van der Waals surface area contributed by atoms with E-state index in [1.807, 2.05) is 42.6 Å². The number of benzene rings is 2. The van der Waals surface area contributed by atoms with Crippen LogP contribution in [-0.4, -0.2) is 77.1 Å². The van der Waals surface area contributed by atoms with Crippen LogP contribution >= 0.6 is 0 Å². The first-order chi connectivity index (χ1) is 24.4. The predicted molar refractivity (Wildman–Crippen MR) is 194 cm³/mol. The molecule has 2 aliphatic heterocycles. The third kappa shape index (κ3) is 10.2. The first-order valence-electron chi connectivity index (χ1n) is 17.6. The maximum absolute atomic E-state index is 12.3. The van der Waals surface area contributed by atoms with Gasteiger partial charge < -0.3 is 34.0 Å². The van der Waals surface area contributed by atoms with E-state index in [4.69, 9.17) is 35.4 Å². The van der Waals surface area contributed by atoms with E-state index in [2.05, 4.69) is 48.1 Å². The number of carbonyl (C=O) groups is 1. The summed E-state index contributed by atoms with van der Waals surface area (Å²) in [5.41, 5.74) is 11.1. The first kappa shape index (κ1) is 37.5. The molecule has 5 rings (SSSR count). The third-order valence-electron chi connectivity index (χ3n) is 9.41. The van der Waals surface area contributed by atoms with Crippen LogP contribution in [0.25, 0.3) is 11.6 Å². The van der Waals surface area contributed by atoms with Crippen LogP contribution in [0.15, 0.2) is 65.9 Å². The van der Waals surface area contributed by atoms with Gasteiger partial charge in [-0.05, 0) is 64.8 Å². The Kier molecular flexibility index (Phi) is 14.3. The molecule has 0 saturated heterocycles. The molecule has 2 aromatic rings. The van der Waals surface area contributed by atoms with Crippen molar-refractivity contribution in [2.45, 2.75) is 51.8 Å². The number of hydrogen-bond acceptors (Lipinski definition) is 11. The summed E-state index contributed by atoms with van der Waals surface area (Å²) < 4.78 is 28.8. The maximum Gasteiger partial charge on any atom is 0.407 e. The molecule has 2 unspecified atom stereocenters. The molecule has 2 bridgehead atoms. The molecule has 4 atom stereocenters. The van der Waals surface area contributed by atoms with Crippen molar-refractivity contribution in [3.05, 3.63) is 88.1 Å². The summed E-state index contributed by atoms with van der Waals surface area (Å²) >= 11 is 0. The van der Waals surface area contributed by atoms with Crippen LogP contribution in [0, 0.1) is 11.8 Å². The zero-order chi connectivity index (χ0) is 35.3. The van der Waals surface area contributed by atoms with Crippen LogP contribution in [0.3, 0.4) is 0 Å². The molecule has 2 heterocycles. The van der Waals surface area contributed by atoms with E-state index in [0.29, 0.717) is 51.5 Å². The van der Waals surface area contributed by atoms with Gasteiger partial charge in [-0.3, -0.25) is 16.6 Å². The lowest BCUT2D eigenvalue weighted by molar-refractivity contribution is 0.0722. The van der Waals surface area contributed by atoms with Gasteiger partial charge in [-0.2, -0.15) is 0 Å². The SMILES string of the molecule is CCC[C@@H](CN(N)/C=C/c1cc2c3c(c1)OCC1=C3CC(COC2)C(C(C)CNN)=C1)NCOC[C@H](NC(=O)OCCOC)c1ccccc1. The standard InChI is InChI=1S/C38H54N6O6/c1-4-8-32(41-25-48-24-35(28-9-6-5-7-10-28)43-38(45)49-14-13-46-3)20-44(40)12-11-27-15-31-22-47-21-29-18-34-30(17-33(29)26(2)19-42-39)23-50-36(16-27)37(31)34/h5-7,9-12,15-17,26,29,32,35,41-42H,4,8,13-14,18-25,39-40H2,1-3H3,(H,43,45)/b12-11+/t26?,29?,32-,35-/m0/s1. The quantitative estimate of drug-likeness (QED) is 0.0617. The molecule has 0 radical (unpaired) electrons. The molecule has 2 aromatic carbocycles. The second-order valence-electron chi connectivity index (χ2n) is 13.2. The van der Waals surface area contributed by atoms with Gasteiger partial charge in [-0.1, -0.05) is 62.2 Å². The Morgan fingerprint density at radius 3 is 2.80 bits per heavy atom. The number of nitrogens with two attached hydrogens (primary N) is 2. The van der Waals surface area contributed by atoms with Crippen molar-refractivity contribution in [3.63, 3.8) is 0 Å². The highest BCUT2D eigenvalue weighted by atomic mass is 16.6. The number of methoxy groups -OCH3 is 1. The largest absolute Gasteiger partial charge is 0.488 e. The van der Waals surface area contributed by atoms with E-state index in [1.54, 1.807) is 12.1 Å². The lowest BCUT2D eigenvalue weighted by atomic mass is 9.75. The number of hydrazine groups is 2. The lowest BCUT2D eigenvalue weighted by Crippen LogP contribution is -2.43. The number of alkyl carbamates (subject to hydrolysis) is 1. The van der Waals surface area contributed by atoms with Crippen molar-refractivity contribution >= 4 is 17.7 Å². The van der Waals surface area contributed by atoms with Gasteiger partial charge in [0.25, 0.3) is 0 Å². The van der Waals surface area contributed by atoms with Crippen LogP contribution in [-0.2, 0) is 25.6 Å². The van der Waals surface area contributed by atoms with Crippen LogP contribution in [0.1, 0.15) is 61.4 Å². The minimum Gasteiger partial charge on any atom is -0.488 e. The summed E-state index contributed by atoms with van der Waals surface area (Å²) in [7, 11) is 1.56. The molecule has 0 fully saturated rings. The fourth-order valence-electron chi connectivity index (χ4n) is 6.88. The van der Waals surface area contributed by atoms with Gasteiger partial charge in [0.2, 0.25) is 0 Å². The first-order valence-corrected chi connectivity index (χ1v) is 17.6. The summed E-state index contributed by atoms with van der Waals surface area (Å²) in [6.45, 7) is 8.53. The summed E-state index contributed by atoms with van der Waals surface area (Å²) in [5, 5.41) is 8.07. The number of fused-ring (bicyclic) bond motifs is 1. The Morgan fingerprint density at radius 1 is 1.18 bits per heavy atom. The van der Waals surface area contributed by atoms with E-state index >= 15 is 0 Å². The average Bonchev–Trinajstić information content (AvgIpc) is 3.11. The predicted octanol–water partition coefficient (Wildman–Crippen LogP) is 4.40. The Balaban J connectivity index is 1.17. The number of nitrogens with one attached hydrogen (secondary N) is 3. The molecule has 3 aliphatic rings. The van der Waals surface area contributed by atoms with E-state index in [1.165, 1.54) is 22.3 Å². The maximum atomic E-state index is 12.3. The van der Waals surface area contributed by atoms with E-state index < -0.39 is 6.09 Å². The molecular weight excluding hydrogens is 636 g/mol. The zero-order valence-corrected chi connectivity index (χ0v) is 29.6. The molecule has 50 heavy (non-hydrogen) atoms. The second kappa shape index (κ2) is 19.0. The summed E-state index contributed by atoms with van der Waals surface area (Å²) in [6.07, 6.45) is 8.58. The number of rotatable bonds is 19. The molecular formula is C38H54N6O6. The van der Waals surface area contributed by atoms with E-state index in [-0.39, 0.29) is 25.3 Å². The number of hydrogen-bond donors (Lipinski definition) is 5. The fourth-order valence-corrected chi connectivity index (χ4v) is 6.88. The Hall–Kier alpha value is -3.75. The molecule has 0 aromatic heterocycles. The van der Waals surface area contributed by atoms with Crippen molar-refractivity contribution in [1.29, 1.82) is 0 Å². The van der Waals surface area contributed by atoms with Crippen LogP contribution < -0.4 is 32.5 Å². The Bertz CT molecular complexity index is 1500. The Labute approximate surface area is 296 Å². The summed E-state index contributed by atoms with van der Waals surface area (Å²) in [6, 6.07) is 13.7. The Morgan fingerprint density at radius 2 is 2.02 bits per heavy atom. The highest BCUT2D eigenvalue weighted by Gasteiger charge is 2.33. The molecule has 12 nitrogen and oxygen atoms in total.